The molecule has 0 radical (unpaired) electrons. The third-order valence-corrected chi connectivity index (χ3v) is 6.10. The van der Waals surface area contributed by atoms with E-state index >= 15 is 0 Å². The lowest BCUT2D eigenvalue weighted by atomic mass is 10.3. The largest absolute Gasteiger partial charge is 0.756 e. The molecule has 2 unspecified atom stereocenters. The molecule has 2 aliphatic rings. The number of ether oxygens (including phenoxy) is 1. The van der Waals surface area contributed by atoms with Crippen LogP contribution in [0, 0.1) is 5.21 Å². The van der Waals surface area contributed by atoms with E-state index in [-0.39, 0.29) is 0 Å². The van der Waals surface area contributed by atoms with Crippen LogP contribution in [0.3, 0.4) is 0 Å². The minimum absolute atomic E-state index is 0.391. The Bertz CT molecular complexity index is 660. The van der Waals surface area contributed by atoms with Crippen LogP contribution in [-0.4, -0.2) is 55.2 Å². The summed E-state index contributed by atoms with van der Waals surface area (Å²) in [6.07, 6.45) is 1.06. The van der Waals surface area contributed by atoms with Gasteiger partial charge in [-0.1, -0.05) is 18.2 Å². The highest BCUT2D eigenvalue weighted by molar-refractivity contribution is 7.80. The van der Waals surface area contributed by atoms with Crippen molar-refractivity contribution in [1.82, 2.24) is 18.1 Å². The van der Waals surface area contributed by atoms with Gasteiger partial charge in [-0.05, 0) is 31.9 Å². The molecule has 0 saturated heterocycles. The van der Waals surface area contributed by atoms with Gasteiger partial charge >= 0.3 is 0 Å². The first-order valence-electron chi connectivity index (χ1n) is 8.23. The summed E-state index contributed by atoms with van der Waals surface area (Å²) in [5.41, 5.74) is 0.701. The van der Waals surface area contributed by atoms with Crippen LogP contribution in [0.1, 0.15) is 19.8 Å². The van der Waals surface area contributed by atoms with Gasteiger partial charge in [0.1, 0.15) is 17.7 Å². The maximum absolute atomic E-state index is 12.6. The molecule has 1 aromatic carbocycles. The van der Waals surface area contributed by atoms with Gasteiger partial charge in [-0.15, -0.1) is 0 Å². The summed E-state index contributed by atoms with van der Waals surface area (Å²) in [5, 5.41) is 13.2. The summed E-state index contributed by atoms with van der Waals surface area (Å²) >= 11 is 4.84. The molecular weight excluding hydrogens is 364 g/mol. The fourth-order valence-corrected chi connectivity index (χ4v) is 4.26. The van der Waals surface area contributed by atoms with Crippen LogP contribution in [0.4, 0.5) is 0 Å². The summed E-state index contributed by atoms with van der Waals surface area (Å²) in [4.78, 5) is 0. The molecule has 0 N–H and O–H groups in total. The highest BCUT2D eigenvalue weighted by Crippen LogP contribution is 2.36. The minimum Gasteiger partial charge on any atom is -0.756 e. The second-order valence-electron chi connectivity index (χ2n) is 6.03. The van der Waals surface area contributed by atoms with E-state index in [2.05, 4.69) is 0 Å². The van der Waals surface area contributed by atoms with Crippen LogP contribution in [0.2, 0.25) is 0 Å². The molecule has 0 amide bonds. The van der Waals surface area contributed by atoms with Crippen molar-refractivity contribution >= 4 is 22.9 Å². The molecule has 7 nitrogen and oxygen atoms in total. The molecule has 3 rings (SSSR count). The number of hydrogen-bond acceptors (Lipinski definition) is 5. The van der Waals surface area contributed by atoms with Crippen LogP contribution in [0.15, 0.2) is 41.8 Å². The minimum atomic E-state index is -1.38. The lowest BCUT2D eigenvalue weighted by Gasteiger charge is -2.40. The molecule has 138 valence electrons. The smallest absolute Gasteiger partial charge is 0.200 e. The summed E-state index contributed by atoms with van der Waals surface area (Å²) < 4.78 is 23.0. The third kappa shape index (κ3) is 3.72. The number of benzene rings is 1. The van der Waals surface area contributed by atoms with Crippen LogP contribution in [0.5, 0.6) is 5.75 Å². The van der Waals surface area contributed by atoms with Crippen molar-refractivity contribution in [2.24, 2.45) is 0 Å². The molecule has 0 bridgehead atoms. The normalized spacial score (nSPS) is 24.1. The topological polar surface area (TPSA) is 62.3 Å². The molecule has 9 heteroatoms. The first kappa shape index (κ1) is 18.3. The van der Waals surface area contributed by atoms with Crippen molar-refractivity contribution < 1.29 is 8.95 Å². The predicted molar refractivity (Wildman–Crippen MR) is 98.0 cm³/mol. The van der Waals surface area contributed by atoms with E-state index in [4.69, 9.17) is 16.5 Å². The first-order chi connectivity index (χ1) is 12.0. The van der Waals surface area contributed by atoms with Gasteiger partial charge < -0.3 is 15.0 Å². The maximum Gasteiger partial charge on any atom is 0.200 e. The van der Waals surface area contributed by atoms with Crippen molar-refractivity contribution in [3.05, 3.63) is 47.1 Å². The average molecular weight is 386 g/mol. The number of hydroxylamine groups is 2. The van der Waals surface area contributed by atoms with Gasteiger partial charge in [-0.3, -0.25) is 8.72 Å². The molecule has 25 heavy (non-hydrogen) atoms. The summed E-state index contributed by atoms with van der Waals surface area (Å²) in [6, 6.07) is 9.62. The van der Waals surface area contributed by atoms with Gasteiger partial charge in [0.15, 0.2) is 11.2 Å². The average Bonchev–Trinajstić information content (AvgIpc) is 2.83. The summed E-state index contributed by atoms with van der Waals surface area (Å²) in [7, 11) is 1.76. The molecule has 0 aliphatic carbocycles. The van der Waals surface area contributed by atoms with Crippen molar-refractivity contribution in [1.29, 1.82) is 0 Å². The fraction of sp³-hybridized carbons (Fsp3) is 0.500. The molecule has 0 fully saturated rings. The molecule has 2 aliphatic heterocycles. The van der Waals surface area contributed by atoms with Gasteiger partial charge in [0.05, 0.1) is 18.8 Å². The molecule has 1 aromatic rings. The zero-order valence-electron chi connectivity index (χ0n) is 14.3. The van der Waals surface area contributed by atoms with E-state index in [1.54, 1.807) is 22.6 Å². The van der Waals surface area contributed by atoms with E-state index < -0.39 is 17.3 Å². The lowest BCUT2D eigenvalue weighted by Crippen LogP contribution is -2.45. The van der Waals surface area contributed by atoms with E-state index in [9.17, 15) is 9.42 Å². The monoisotopic (exact) mass is 385 g/mol. The summed E-state index contributed by atoms with van der Waals surface area (Å²) in [6.45, 7) is 3.20. The van der Waals surface area contributed by atoms with E-state index in [1.165, 1.54) is 4.42 Å². The second kappa shape index (κ2) is 7.82. The van der Waals surface area contributed by atoms with Gasteiger partial charge in [0.2, 0.25) is 0 Å². The Hall–Kier alpha value is -1.48. The van der Waals surface area contributed by atoms with Gasteiger partial charge in [-0.2, -0.15) is 0 Å². The molecule has 0 spiro atoms. The van der Waals surface area contributed by atoms with Gasteiger partial charge in [-0.25, -0.2) is 8.51 Å². The third-order valence-electron chi connectivity index (χ3n) is 4.22. The Morgan fingerprint density at radius 1 is 1.32 bits per heavy atom. The number of hydrogen-bond donors (Lipinski definition) is 0. The van der Waals surface area contributed by atoms with Crippen LogP contribution < -0.4 is 4.74 Å². The molecular formula is C16H22ClN4O3S-. The van der Waals surface area contributed by atoms with E-state index in [0.29, 0.717) is 31.2 Å². The van der Waals surface area contributed by atoms with E-state index in [1.807, 2.05) is 30.3 Å². The van der Waals surface area contributed by atoms with Crippen molar-refractivity contribution in [2.75, 3.05) is 26.7 Å². The highest BCUT2D eigenvalue weighted by atomic mass is 35.5. The Morgan fingerprint density at radius 2 is 2.04 bits per heavy atom. The quantitative estimate of drug-likeness (QED) is 0.556. The number of likely N-dealkylation sites (N-methyl/N-ethyl adjacent to an activating group) is 1. The molecule has 0 aromatic heterocycles. The van der Waals surface area contributed by atoms with Gasteiger partial charge in [0.25, 0.3) is 0 Å². The van der Waals surface area contributed by atoms with Crippen LogP contribution in [-0.2, 0) is 11.2 Å². The summed E-state index contributed by atoms with van der Waals surface area (Å²) in [5.74, 6) is 1.25. The van der Waals surface area contributed by atoms with E-state index in [0.717, 1.165) is 23.7 Å². The predicted octanol–water partition coefficient (Wildman–Crippen LogP) is 2.46. The SMILES string of the molecule is CC1N([O-])C2=C(CN(C)S(=O)N2CCCCOc2ccccc2)N1Cl. The maximum atomic E-state index is 12.6. The number of halogens is 1. The molecule has 2 heterocycles. The zero-order chi connectivity index (χ0) is 18.0. The fourth-order valence-electron chi connectivity index (χ4n) is 2.87. The molecule has 0 saturated carbocycles. The highest BCUT2D eigenvalue weighted by Gasteiger charge is 2.40. The number of rotatable bonds is 6. The Labute approximate surface area is 155 Å². The number of para-hydroxylation sites is 1. The lowest BCUT2D eigenvalue weighted by molar-refractivity contribution is 0.255. The first-order valence-corrected chi connectivity index (χ1v) is 9.64. The van der Waals surface area contributed by atoms with Crippen LogP contribution in [0.25, 0.3) is 0 Å². The van der Waals surface area contributed by atoms with Crippen molar-refractivity contribution in [3.8, 4) is 5.75 Å². The van der Waals surface area contributed by atoms with Crippen molar-refractivity contribution in [2.45, 2.75) is 25.9 Å². The standard InChI is InChI=1S/C16H22ClN4O3S/c1-13-20(17)15-12-18(2)25(23)19(16(15)21(13)22)10-6-7-11-24-14-8-4-3-5-9-14/h3-5,8-9,13H,6-7,10-12H2,1-2H3/q-1. The zero-order valence-corrected chi connectivity index (χ0v) is 15.9. The Balaban J connectivity index is 1.57. The van der Waals surface area contributed by atoms with Crippen molar-refractivity contribution in [3.63, 3.8) is 0 Å². The Morgan fingerprint density at radius 3 is 2.76 bits per heavy atom. The Kier molecular flexibility index (Phi) is 5.73. The van der Waals surface area contributed by atoms with Crippen LogP contribution >= 0.6 is 11.8 Å². The molecule has 2 atom stereocenters. The second-order valence-corrected chi connectivity index (χ2v) is 7.92. The number of nitrogens with zero attached hydrogens (tertiary/aromatic N) is 4. The van der Waals surface area contributed by atoms with Gasteiger partial charge in [0, 0.05) is 25.4 Å². The number of unbranched alkanes of at least 4 members (excludes halogenated alkanes) is 1.